The molecule has 0 fully saturated rings. The molecule has 0 aliphatic heterocycles. The summed E-state index contributed by atoms with van der Waals surface area (Å²) in [7, 11) is 0. The maximum atomic E-state index is 2.56. The third-order valence-corrected chi connectivity index (χ3v) is 1.93. The second-order valence-corrected chi connectivity index (χ2v) is 4.84. The molecule has 74 valence electrons. The molecule has 1 nitrogen and oxygen atoms in total. The van der Waals surface area contributed by atoms with Crippen LogP contribution in [0.15, 0.2) is 0 Å². The Morgan fingerprint density at radius 2 is 1.08 bits per heavy atom. The fourth-order valence-electron chi connectivity index (χ4n) is 1.43. The minimum atomic E-state index is 0.690. The van der Waals surface area contributed by atoms with Gasteiger partial charge in [-0.05, 0) is 25.7 Å². The van der Waals surface area contributed by atoms with E-state index in [1.54, 1.807) is 0 Å². The molecule has 0 bridgehead atoms. The summed E-state index contributed by atoms with van der Waals surface area (Å²) in [5, 5.41) is 0. The van der Waals surface area contributed by atoms with Crippen molar-refractivity contribution in [2.24, 2.45) is 11.8 Å². The highest BCUT2D eigenvalue weighted by atomic mass is 15.1. The van der Waals surface area contributed by atoms with Crippen LogP contribution in [0.4, 0.5) is 0 Å². The molecule has 0 unspecified atom stereocenters. The highest BCUT2D eigenvalue weighted by Gasteiger charge is 2.11. The molecular weight excluding hydrogens is 146 g/mol. The smallest absolute Gasteiger partial charge is 0.00388 e. The quantitative estimate of drug-likeness (QED) is 0.614. The molecule has 0 N–H and O–H groups in total. The van der Waals surface area contributed by atoms with Crippen molar-refractivity contribution in [1.82, 2.24) is 4.90 Å². The van der Waals surface area contributed by atoms with E-state index in [-0.39, 0.29) is 0 Å². The van der Waals surface area contributed by atoms with Crippen LogP contribution in [0.2, 0.25) is 0 Å². The van der Waals surface area contributed by atoms with Gasteiger partial charge < -0.3 is 4.90 Å². The molecule has 0 aliphatic carbocycles. The fraction of sp³-hybridized carbons (Fsp3) is 1.00. The van der Waals surface area contributed by atoms with Crippen molar-refractivity contribution in [2.45, 2.75) is 47.6 Å². The van der Waals surface area contributed by atoms with Crippen LogP contribution >= 0.6 is 0 Å². The second kappa shape index (κ2) is 5.58. The van der Waals surface area contributed by atoms with Crippen LogP contribution in [0.25, 0.3) is 0 Å². The van der Waals surface area contributed by atoms with Gasteiger partial charge in [0.05, 0.1) is 0 Å². The summed E-state index contributed by atoms with van der Waals surface area (Å²) >= 11 is 0. The Labute approximate surface area is 78.1 Å². The summed E-state index contributed by atoms with van der Waals surface area (Å²) in [6.07, 6.45) is 0. The van der Waals surface area contributed by atoms with Gasteiger partial charge >= 0.3 is 0 Å². The Morgan fingerprint density at radius 1 is 0.750 bits per heavy atom. The van der Waals surface area contributed by atoms with Crippen molar-refractivity contribution in [3.63, 3.8) is 0 Å². The lowest BCUT2D eigenvalue weighted by molar-refractivity contribution is 0.177. The van der Waals surface area contributed by atoms with Gasteiger partial charge in [0.2, 0.25) is 0 Å². The summed E-state index contributed by atoms with van der Waals surface area (Å²) in [4.78, 5) is 2.56. The summed E-state index contributed by atoms with van der Waals surface area (Å²) in [5.41, 5.74) is 0. The van der Waals surface area contributed by atoms with Gasteiger partial charge in [0.1, 0.15) is 0 Å². The largest absolute Gasteiger partial charge is 0.300 e. The molecule has 12 heavy (non-hydrogen) atoms. The summed E-state index contributed by atoms with van der Waals surface area (Å²) in [6, 6.07) is 0.690. The molecule has 0 rings (SSSR count). The highest BCUT2D eigenvalue weighted by Crippen LogP contribution is 2.07. The van der Waals surface area contributed by atoms with E-state index in [0.29, 0.717) is 6.04 Å². The molecule has 0 aliphatic rings. The van der Waals surface area contributed by atoms with Gasteiger partial charge in [-0.3, -0.25) is 0 Å². The van der Waals surface area contributed by atoms with E-state index in [0.717, 1.165) is 11.8 Å². The number of hydrogen-bond donors (Lipinski definition) is 0. The van der Waals surface area contributed by atoms with Gasteiger partial charge in [-0.25, -0.2) is 0 Å². The van der Waals surface area contributed by atoms with Crippen LogP contribution in [0.5, 0.6) is 0 Å². The molecule has 0 spiro atoms. The molecular formula is C11H25N. The van der Waals surface area contributed by atoms with Crippen LogP contribution in [-0.4, -0.2) is 24.0 Å². The lowest BCUT2D eigenvalue weighted by Gasteiger charge is -2.29. The first-order valence-corrected chi connectivity index (χ1v) is 5.17. The average molecular weight is 171 g/mol. The summed E-state index contributed by atoms with van der Waals surface area (Å²) < 4.78 is 0. The van der Waals surface area contributed by atoms with E-state index in [4.69, 9.17) is 0 Å². The van der Waals surface area contributed by atoms with Crippen LogP contribution in [0.1, 0.15) is 41.5 Å². The van der Waals surface area contributed by atoms with E-state index in [9.17, 15) is 0 Å². The predicted molar refractivity (Wildman–Crippen MR) is 56.4 cm³/mol. The van der Waals surface area contributed by atoms with Gasteiger partial charge in [-0.2, -0.15) is 0 Å². The van der Waals surface area contributed by atoms with Crippen molar-refractivity contribution >= 4 is 0 Å². The van der Waals surface area contributed by atoms with Crippen LogP contribution in [-0.2, 0) is 0 Å². The lowest BCUT2D eigenvalue weighted by Crippen LogP contribution is -2.36. The molecule has 0 aromatic carbocycles. The standard InChI is InChI=1S/C11H25N/c1-9(2)7-12(11(5)6)8-10(3)4/h9-11H,7-8H2,1-6H3. The van der Waals surface area contributed by atoms with E-state index in [2.05, 4.69) is 46.4 Å². The van der Waals surface area contributed by atoms with Crippen LogP contribution in [0, 0.1) is 11.8 Å². The Bertz CT molecular complexity index is 95.6. The van der Waals surface area contributed by atoms with Gasteiger partial charge in [0, 0.05) is 19.1 Å². The highest BCUT2D eigenvalue weighted by molar-refractivity contribution is 4.65. The number of hydrogen-bond acceptors (Lipinski definition) is 1. The Hall–Kier alpha value is -0.0400. The Morgan fingerprint density at radius 3 is 1.25 bits per heavy atom. The van der Waals surface area contributed by atoms with Crippen molar-refractivity contribution < 1.29 is 0 Å². The monoisotopic (exact) mass is 171 g/mol. The third kappa shape index (κ3) is 5.59. The molecule has 0 aromatic rings. The lowest BCUT2D eigenvalue weighted by atomic mass is 10.1. The van der Waals surface area contributed by atoms with Crippen molar-refractivity contribution in [1.29, 1.82) is 0 Å². The van der Waals surface area contributed by atoms with Gasteiger partial charge in [0.25, 0.3) is 0 Å². The van der Waals surface area contributed by atoms with Gasteiger partial charge in [-0.1, -0.05) is 27.7 Å². The summed E-state index contributed by atoms with van der Waals surface area (Å²) in [6.45, 7) is 16.2. The Balaban J connectivity index is 3.87. The van der Waals surface area contributed by atoms with Gasteiger partial charge in [-0.15, -0.1) is 0 Å². The second-order valence-electron chi connectivity index (χ2n) is 4.84. The maximum absolute atomic E-state index is 2.56. The average Bonchev–Trinajstić information content (AvgIpc) is 1.83. The predicted octanol–water partition coefficient (Wildman–Crippen LogP) is 3.01. The molecule has 0 heterocycles. The normalized spacial score (nSPS) is 12.5. The third-order valence-electron chi connectivity index (χ3n) is 1.93. The zero-order valence-corrected chi connectivity index (χ0v) is 9.59. The van der Waals surface area contributed by atoms with Gasteiger partial charge in [0.15, 0.2) is 0 Å². The fourth-order valence-corrected chi connectivity index (χ4v) is 1.43. The minimum Gasteiger partial charge on any atom is -0.300 e. The molecule has 0 saturated heterocycles. The van der Waals surface area contributed by atoms with E-state index in [1.165, 1.54) is 13.1 Å². The number of rotatable bonds is 5. The zero-order chi connectivity index (χ0) is 9.72. The molecule has 0 aromatic heterocycles. The first-order chi connectivity index (χ1) is 5.43. The minimum absolute atomic E-state index is 0.690. The molecule has 0 saturated carbocycles. The van der Waals surface area contributed by atoms with Crippen LogP contribution < -0.4 is 0 Å². The SMILES string of the molecule is CC(C)CN(CC(C)C)C(C)C. The van der Waals surface area contributed by atoms with Crippen LogP contribution in [0.3, 0.4) is 0 Å². The summed E-state index contributed by atoms with van der Waals surface area (Å²) in [5.74, 6) is 1.57. The topological polar surface area (TPSA) is 3.24 Å². The zero-order valence-electron chi connectivity index (χ0n) is 9.59. The number of nitrogens with zero attached hydrogens (tertiary/aromatic N) is 1. The molecule has 0 radical (unpaired) electrons. The first kappa shape index (κ1) is 12.0. The Kier molecular flexibility index (Phi) is 5.56. The first-order valence-electron chi connectivity index (χ1n) is 5.17. The molecule has 0 amide bonds. The van der Waals surface area contributed by atoms with Crippen molar-refractivity contribution in [2.75, 3.05) is 13.1 Å². The van der Waals surface area contributed by atoms with Crippen molar-refractivity contribution in [3.05, 3.63) is 0 Å². The van der Waals surface area contributed by atoms with E-state index in [1.807, 2.05) is 0 Å². The van der Waals surface area contributed by atoms with E-state index >= 15 is 0 Å². The maximum Gasteiger partial charge on any atom is 0.00388 e. The molecule has 1 heteroatoms. The van der Waals surface area contributed by atoms with E-state index < -0.39 is 0 Å². The molecule has 0 atom stereocenters. The van der Waals surface area contributed by atoms with Crippen molar-refractivity contribution in [3.8, 4) is 0 Å².